The fourth-order valence-corrected chi connectivity index (χ4v) is 0.197. The summed E-state index contributed by atoms with van der Waals surface area (Å²) in [4.78, 5) is 0. The number of nitrogens with one attached hydrogen (secondary N) is 2. The Bertz CT molecular complexity index is 20.8. The Kier molecular flexibility index (Phi) is 4.97. The second kappa shape index (κ2) is 4.98. The van der Waals surface area contributed by atoms with Crippen LogP contribution in [0.5, 0.6) is 0 Å². The lowest BCUT2D eigenvalue weighted by molar-refractivity contribution is 0.771. The van der Waals surface area contributed by atoms with Crippen LogP contribution in [0.2, 0.25) is 0 Å². The van der Waals surface area contributed by atoms with Gasteiger partial charge in [-0.1, -0.05) is 0 Å². The van der Waals surface area contributed by atoms with Gasteiger partial charge in [-0.2, -0.15) is 0 Å². The molecule has 2 radical (unpaired) electrons. The molecule has 0 atom stereocenters. The summed E-state index contributed by atoms with van der Waals surface area (Å²) in [7, 11) is 6.81. The molecule has 0 bridgehead atoms. The highest BCUT2D eigenvalue weighted by Crippen LogP contribution is 1.44. The van der Waals surface area contributed by atoms with Crippen molar-refractivity contribution in [3.05, 3.63) is 0 Å². The van der Waals surface area contributed by atoms with E-state index in [0.717, 1.165) is 13.1 Å². The smallest absolute Gasteiger partial charge is 0.177 e. The van der Waals surface area contributed by atoms with E-state index in [9.17, 15) is 0 Å². The summed E-state index contributed by atoms with van der Waals surface area (Å²) in [6.07, 6.45) is 0. The van der Waals surface area contributed by atoms with Crippen LogP contribution in [0, 0.1) is 0 Å². The predicted octanol–water partition coefficient (Wildman–Crippen LogP) is -1.12. The van der Waals surface area contributed by atoms with E-state index in [1.54, 1.807) is 0 Å². The molecule has 34 valence electrons. The maximum atomic E-state index is 4.92. The minimum atomic E-state index is 0.830. The first-order valence-electron chi connectivity index (χ1n) is 2.00. The molecule has 2 nitrogen and oxygen atoms in total. The largest absolute Gasteiger partial charge is 0.365 e. The highest BCUT2D eigenvalue weighted by atomic mass is 14.9. The van der Waals surface area contributed by atoms with Crippen LogP contribution in [-0.4, -0.2) is 28.1 Å². The fourth-order valence-electron chi connectivity index (χ4n) is 0.197. The quantitative estimate of drug-likeness (QED) is 0.334. The number of hydrogen-bond donors (Lipinski definition) is 2. The van der Waals surface area contributed by atoms with Crippen molar-refractivity contribution in [1.82, 2.24) is 10.5 Å². The summed E-state index contributed by atoms with van der Waals surface area (Å²) in [5, 5.41) is 5.43. The first-order valence-corrected chi connectivity index (χ1v) is 2.00. The van der Waals surface area contributed by atoms with Gasteiger partial charge in [0.2, 0.25) is 0 Å². The Morgan fingerprint density at radius 3 is 2.33 bits per heavy atom. The van der Waals surface area contributed by atoms with Crippen LogP contribution in [0.15, 0.2) is 0 Å². The van der Waals surface area contributed by atoms with Crippen LogP contribution in [0.1, 0.15) is 0 Å². The third kappa shape index (κ3) is 3.98. The van der Waals surface area contributed by atoms with E-state index in [4.69, 9.17) is 7.98 Å². The average molecular weight is 83.9 g/mol. The molecule has 0 saturated carbocycles. The van der Waals surface area contributed by atoms with E-state index in [0.29, 0.717) is 0 Å². The Hall–Kier alpha value is -0.0151. The molecule has 0 aliphatic carbocycles. The van der Waals surface area contributed by atoms with Crippen LogP contribution in [0.25, 0.3) is 0 Å². The van der Waals surface area contributed by atoms with Crippen molar-refractivity contribution < 1.29 is 0 Å². The summed E-state index contributed by atoms with van der Waals surface area (Å²) in [5.74, 6) is 0. The van der Waals surface area contributed by atoms with Crippen molar-refractivity contribution >= 4 is 7.98 Å². The zero-order chi connectivity index (χ0) is 4.83. The zero-order valence-corrected chi connectivity index (χ0v) is 3.99. The van der Waals surface area contributed by atoms with Crippen molar-refractivity contribution in [2.75, 3.05) is 20.1 Å². The van der Waals surface area contributed by atoms with Gasteiger partial charge in [-0.15, -0.1) is 0 Å². The molecule has 0 amide bonds. The third-order valence-corrected chi connectivity index (χ3v) is 0.519. The van der Waals surface area contributed by atoms with Gasteiger partial charge in [0.15, 0.2) is 7.98 Å². The Labute approximate surface area is 39.7 Å². The van der Waals surface area contributed by atoms with E-state index in [1.165, 1.54) is 0 Å². The molecule has 0 aliphatic rings. The van der Waals surface area contributed by atoms with Crippen LogP contribution in [0.4, 0.5) is 0 Å². The molecule has 3 heteroatoms. The van der Waals surface area contributed by atoms with Crippen LogP contribution < -0.4 is 10.5 Å². The lowest BCUT2D eigenvalue weighted by Gasteiger charge is -1.92. The van der Waals surface area contributed by atoms with Gasteiger partial charge in [-0.3, -0.25) is 0 Å². The van der Waals surface area contributed by atoms with Gasteiger partial charge in [0.25, 0.3) is 0 Å². The van der Waals surface area contributed by atoms with Crippen molar-refractivity contribution in [2.24, 2.45) is 0 Å². The molecule has 2 N–H and O–H groups in total. The maximum Gasteiger partial charge on any atom is 0.177 e. The SMILES string of the molecule is [B]NCCNC. The molecule has 0 aromatic heterocycles. The molecule has 0 aliphatic heterocycles. The lowest BCUT2D eigenvalue weighted by Crippen LogP contribution is -2.22. The molecule has 0 saturated heterocycles. The minimum Gasteiger partial charge on any atom is -0.365 e. The topological polar surface area (TPSA) is 24.1 Å². The molecule has 0 aromatic carbocycles. The zero-order valence-electron chi connectivity index (χ0n) is 3.99. The van der Waals surface area contributed by atoms with Crippen molar-refractivity contribution in [3.63, 3.8) is 0 Å². The van der Waals surface area contributed by atoms with Crippen LogP contribution in [0.3, 0.4) is 0 Å². The van der Waals surface area contributed by atoms with E-state index < -0.39 is 0 Å². The molecule has 6 heavy (non-hydrogen) atoms. The van der Waals surface area contributed by atoms with Gasteiger partial charge in [0.1, 0.15) is 0 Å². The highest BCUT2D eigenvalue weighted by Gasteiger charge is 1.71. The standard InChI is InChI=1S/C3H9BN2/c1-5-2-3-6-4/h5-6H,2-3H2,1H3. The van der Waals surface area contributed by atoms with Crippen LogP contribution in [-0.2, 0) is 0 Å². The van der Waals surface area contributed by atoms with Crippen molar-refractivity contribution in [3.8, 4) is 0 Å². The lowest BCUT2D eigenvalue weighted by atomic mass is 10.4. The molecule has 0 spiro atoms. The average Bonchev–Trinajstić information content (AvgIpc) is 1.61. The van der Waals surface area contributed by atoms with Gasteiger partial charge in [0, 0.05) is 6.54 Å². The Morgan fingerprint density at radius 1 is 1.50 bits per heavy atom. The van der Waals surface area contributed by atoms with E-state index in [1.807, 2.05) is 7.05 Å². The van der Waals surface area contributed by atoms with Crippen LogP contribution >= 0.6 is 0 Å². The molecule has 0 aromatic rings. The number of likely N-dealkylation sites (N-methyl/N-ethyl adjacent to an activating group) is 1. The van der Waals surface area contributed by atoms with Gasteiger partial charge < -0.3 is 10.5 Å². The molecule has 0 rings (SSSR count). The molecule has 0 fully saturated rings. The Morgan fingerprint density at radius 2 is 2.17 bits per heavy atom. The predicted molar refractivity (Wildman–Crippen MR) is 27.7 cm³/mol. The highest BCUT2D eigenvalue weighted by molar-refractivity contribution is 6.04. The first kappa shape index (κ1) is 5.98. The van der Waals surface area contributed by atoms with E-state index in [-0.39, 0.29) is 0 Å². The van der Waals surface area contributed by atoms with E-state index >= 15 is 0 Å². The summed E-state index contributed by atoms with van der Waals surface area (Å²) < 4.78 is 0. The second-order valence-corrected chi connectivity index (χ2v) is 1.06. The fraction of sp³-hybridized carbons (Fsp3) is 1.00. The Balaban J connectivity index is 2.34. The number of hydrogen-bond acceptors (Lipinski definition) is 2. The van der Waals surface area contributed by atoms with Gasteiger partial charge in [-0.05, 0) is 13.6 Å². The van der Waals surface area contributed by atoms with E-state index in [2.05, 4.69) is 10.5 Å². The van der Waals surface area contributed by atoms with Crippen molar-refractivity contribution in [2.45, 2.75) is 0 Å². The first-order chi connectivity index (χ1) is 2.91. The summed E-state index contributed by atoms with van der Waals surface area (Å²) >= 11 is 0. The molecule has 0 unspecified atom stereocenters. The third-order valence-electron chi connectivity index (χ3n) is 0.519. The summed E-state index contributed by atoms with van der Waals surface area (Å²) in [6.45, 7) is 1.76. The minimum absolute atomic E-state index is 0.830. The van der Waals surface area contributed by atoms with Gasteiger partial charge in [-0.25, -0.2) is 0 Å². The molecular formula is C3H9BN2. The normalized spacial score (nSPS) is 8.83. The molecule has 0 heterocycles. The summed E-state index contributed by atoms with van der Waals surface area (Å²) in [5.41, 5.74) is 0. The maximum absolute atomic E-state index is 4.92. The number of rotatable bonds is 3. The molecular weight excluding hydrogens is 74.9 g/mol. The van der Waals surface area contributed by atoms with Crippen molar-refractivity contribution in [1.29, 1.82) is 0 Å². The van der Waals surface area contributed by atoms with Gasteiger partial charge >= 0.3 is 0 Å². The van der Waals surface area contributed by atoms with Gasteiger partial charge in [0.05, 0.1) is 0 Å². The summed E-state index contributed by atoms with van der Waals surface area (Å²) in [6, 6.07) is 0. The monoisotopic (exact) mass is 84.1 g/mol. The second-order valence-electron chi connectivity index (χ2n) is 1.06.